The highest BCUT2D eigenvalue weighted by Crippen LogP contribution is 2.50. The highest BCUT2D eigenvalue weighted by atomic mass is 79.9. The number of halogens is 1. The summed E-state index contributed by atoms with van der Waals surface area (Å²) < 4.78 is 0. The zero-order valence-corrected chi connectivity index (χ0v) is 6.73. The van der Waals surface area contributed by atoms with E-state index in [1.54, 1.807) is 0 Å². The molecule has 1 amide bonds. The topological polar surface area (TPSA) is 55.1 Å². The first-order valence-electron chi connectivity index (χ1n) is 2.76. The number of hydrogen-bond donors (Lipinski definition) is 2. The fraction of sp³-hybridized carbons (Fsp3) is 0.800. The van der Waals surface area contributed by atoms with E-state index in [1.807, 2.05) is 6.92 Å². The number of nitrogens with one attached hydrogen (secondary N) is 1. The van der Waals surface area contributed by atoms with Crippen molar-refractivity contribution in [1.82, 2.24) is 5.43 Å². The summed E-state index contributed by atoms with van der Waals surface area (Å²) in [6.45, 7) is 1.88. The third-order valence-corrected chi connectivity index (χ3v) is 3.12. The molecule has 0 aromatic rings. The molecule has 9 heavy (non-hydrogen) atoms. The third-order valence-electron chi connectivity index (χ3n) is 1.78. The molecule has 2 atom stereocenters. The van der Waals surface area contributed by atoms with Crippen LogP contribution in [0, 0.1) is 5.41 Å². The first-order valence-corrected chi connectivity index (χ1v) is 3.68. The Morgan fingerprint density at radius 2 is 2.44 bits per heavy atom. The molecule has 0 bridgehead atoms. The molecule has 0 radical (unpaired) electrons. The van der Waals surface area contributed by atoms with Gasteiger partial charge in [0, 0.05) is 4.83 Å². The van der Waals surface area contributed by atoms with Crippen LogP contribution in [0.2, 0.25) is 0 Å². The number of hydrazine groups is 1. The van der Waals surface area contributed by atoms with Crippen molar-refractivity contribution in [2.45, 2.75) is 18.2 Å². The van der Waals surface area contributed by atoms with E-state index in [4.69, 9.17) is 5.84 Å². The molecule has 0 aromatic heterocycles. The minimum Gasteiger partial charge on any atom is -0.294 e. The summed E-state index contributed by atoms with van der Waals surface area (Å²) in [6.07, 6.45) is 0.885. The van der Waals surface area contributed by atoms with Gasteiger partial charge in [-0.15, -0.1) is 0 Å². The van der Waals surface area contributed by atoms with Crippen molar-refractivity contribution in [2.24, 2.45) is 11.3 Å². The van der Waals surface area contributed by atoms with E-state index in [0.29, 0.717) is 4.83 Å². The average Bonchev–Trinajstić information content (AvgIpc) is 2.41. The van der Waals surface area contributed by atoms with Crippen molar-refractivity contribution in [3.8, 4) is 0 Å². The molecular formula is C5H9BrN2O. The van der Waals surface area contributed by atoms with Gasteiger partial charge in [0.05, 0.1) is 5.41 Å². The van der Waals surface area contributed by atoms with Crippen molar-refractivity contribution >= 4 is 21.8 Å². The normalized spacial score (nSPS) is 40.1. The third kappa shape index (κ3) is 0.966. The molecule has 1 aliphatic rings. The highest BCUT2D eigenvalue weighted by molar-refractivity contribution is 9.09. The Bertz CT molecular complexity index is 150. The summed E-state index contributed by atoms with van der Waals surface area (Å²) in [7, 11) is 0. The van der Waals surface area contributed by atoms with Crippen LogP contribution in [0.15, 0.2) is 0 Å². The Balaban J connectivity index is 2.53. The lowest BCUT2D eigenvalue weighted by molar-refractivity contribution is -0.125. The monoisotopic (exact) mass is 192 g/mol. The molecule has 0 heterocycles. The van der Waals surface area contributed by atoms with Gasteiger partial charge in [-0.3, -0.25) is 10.2 Å². The van der Waals surface area contributed by atoms with Gasteiger partial charge in [0.2, 0.25) is 5.91 Å². The minimum absolute atomic E-state index is 0.0793. The van der Waals surface area contributed by atoms with E-state index in [0.717, 1.165) is 6.42 Å². The van der Waals surface area contributed by atoms with Crippen molar-refractivity contribution in [2.75, 3.05) is 0 Å². The minimum atomic E-state index is -0.241. The summed E-state index contributed by atoms with van der Waals surface area (Å²) in [5.74, 6) is 4.86. The molecule has 52 valence electrons. The van der Waals surface area contributed by atoms with Gasteiger partial charge in [-0.25, -0.2) is 5.84 Å². The number of carbonyl (C=O) groups excluding carboxylic acids is 1. The lowest BCUT2D eigenvalue weighted by Crippen LogP contribution is -2.36. The zero-order valence-electron chi connectivity index (χ0n) is 5.15. The van der Waals surface area contributed by atoms with Gasteiger partial charge in [0.25, 0.3) is 0 Å². The van der Waals surface area contributed by atoms with Crippen molar-refractivity contribution in [3.63, 3.8) is 0 Å². The largest absolute Gasteiger partial charge is 0.294 e. The van der Waals surface area contributed by atoms with Crippen LogP contribution in [0.1, 0.15) is 13.3 Å². The van der Waals surface area contributed by atoms with E-state index in [9.17, 15) is 4.79 Å². The van der Waals surface area contributed by atoms with Crippen molar-refractivity contribution < 1.29 is 4.79 Å². The van der Waals surface area contributed by atoms with Crippen LogP contribution in [0.3, 0.4) is 0 Å². The number of rotatable bonds is 1. The van der Waals surface area contributed by atoms with E-state index in [1.165, 1.54) is 0 Å². The summed E-state index contributed by atoms with van der Waals surface area (Å²) in [6, 6.07) is 0. The molecule has 1 fully saturated rings. The Morgan fingerprint density at radius 3 is 2.56 bits per heavy atom. The molecule has 4 heteroatoms. The van der Waals surface area contributed by atoms with Gasteiger partial charge in [-0.2, -0.15) is 0 Å². The standard InChI is InChI=1S/C5H9BrN2O/c1-5(2-3(5)6)4(9)8-7/h3H,2,7H2,1H3,(H,8,9)/t3-,5-/m0/s1. The second kappa shape index (κ2) is 1.95. The first-order chi connectivity index (χ1) is 4.11. The van der Waals surface area contributed by atoms with E-state index in [2.05, 4.69) is 21.4 Å². The molecular weight excluding hydrogens is 184 g/mol. The fourth-order valence-corrected chi connectivity index (χ4v) is 1.59. The summed E-state index contributed by atoms with van der Waals surface area (Å²) in [5, 5.41) is 0. The summed E-state index contributed by atoms with van der Waals surface area (Å²) >= 11 is 3.33. The molecule has 0 unspecified atom stereocenters. The fourth-order valence-electron chi connectivity index (χ4n) is 0.713. The van der Waals surface area contributed by atoms with Crippen molar-refractivity contribution in [1.29, 1.82) is 0 Å². The predicted octanol–water partition coefficient (Wildman–Crippen LogP) is 0.150. The van der Waals surface area contributed by atoms with Crippen molar-refractivity contribution in [3.05, 3.63) is 0 Å². The van der Waals surface area contributed by atoms with E-state index in [-0.39, 0.29) is 11.3 Å². The molecule has 1 saturated carbocycles. The van der Waals surface area contributed by atoms with Crippen LogP contribution in [0.25, 0.3) is 0 Å². The number of amides is 1. The van der Waals surface area contributed by atoms with Gasteiger partial charge in [0.15, 0.2) is 0 Å². The molecule has 0 saturated heterocycles. The summed E-state index contributed by atoms with van der Waals surface area (Å²) in [4.78, 5) is 11.2. The van der Waals surface area contributed by atoms with Crippen LogP contribution in [-0.2, 0) is 4.79 Å². The van der Waals surface area contributed by atoms with E-state index >= 15 is 0 Å². The zero-order chi connectivity index (χ0) is 7.07. The average molecular weight is 193 g/mol. The van der Waals surface area contributed by atoms with Crippen LogP contribution in [0.5, 0.6) is 0 Å². The maximum Gasteiger partial charge on any atom is 0.240 e. The van der Waals surface area contributed by atoms with Crippen LogP contribution >= 0.6 is 15.9 Å². The van der Waals surface area contributed by atoms with Crippen LogP contribution in [0.4, 0.5) is 0 Å². The predicted molar refractivity (Wildman–Crippen MR) is 37.8 cm³/mol. The molecule has 0 aliphatic heterocycles. The molecule has 3 nitrogen and oxygen atoms in total. The molecule has 1 aliphatic carbocycles. The quantitative estimate of drug-likeness (QED) is 0.269. The number of carbonyl (C=O) groups is 1. The molecule has 0 aromatic carbocycles. The molecule has 3 N–H and O–H groups in total. The maximum atomic E-state index is 10.8. The lowest BCUT2D eigenvalue weighted by Gasteiger charge is -2.04. The van der Waals surface area contributed by atoms with E-state index < -0.39 is 0 Å². The van der Waals surface area contributed by atoms with Crippen LogP contribution < -0.4 is 11.3 Å². The SMILES string of the molecule is C[C@]1(C(=O)NN)C[C@@H]1Br. The van der Waals surface area contributed by atoms with Crippen LogP contribution in [-0.4, -0.2) is 10.7 Å². The maximum absolute atomic E-state index is 10.8. The lowest BCUT2D eigenvalue weighted by atomic mass is 10.1. The second-order valence-corrected chi connectivity index (χ2v) is 3.67. The molecule has 1 rings (SSSR count). The van der Waals surface area contributed by atoms with Gasteiger partial charge >= 0.3 is 0 Å². The first kappa shape index (κ1) is 7.02. The summed E-state index contributed by atoms with van der Waals surface area (Å²) in [5.41, 5.74) is 1.89. The Morgan fingerprint density at radius 1 is 2.00 bits per heavy atom. The number of nitrogens with two attached hydrogens (primary N) is 1. The van der Waals surface area contributed by atoms with Gasteiger partial charge in [-0.05, 0) is 13.3 Å². The Labute approximate surface area is 62.1 Å². The van der Waals surface area contributed by atoms with Gasteiger partial charge in [0.1, 0.15) is 0 Å². The number of hydrogen-bond acceptors (Lipinski definition) is 2. The van der Waals surface area contributed by atoms with Gasteiger partial charge in [-0.1, -0.05) is 15.9 Å². The Kier molecular flexibility index (Phi) is 1.52. The smallest absolute Gasteiger partial charge is 0.240 e. The molecule has 0 spiro atoms. The Hall–Kier alpha value is -0.0900. The number of alkyl halides is 1. The van der Waals surface area contributed by atoms with Gasteiger partial charge < -0.3 is 0 Å². The second-order valence-electron chi connectivity index (χ2n) is 2.56. The highest BCUT2D eigenvalue weighted by Gasteiger charge is 2.54.